The van der Waals surface area contributed by atoms with Crippen LogP contribution in [0.5, 0.6) is 5.75 Å². The molecular weight excluding hydrogens is 428 g/mol. The molecule has 33 heavy (non-hydrogen) atoms. The third-order valence-corrected chi connectivity index (χ3v) is 5.48. The van der Waals surface area contributed by atoms with Crippen molar-refractivity contribution >= 4 is 11.6 Å². The molecule has 8 heteroatoms. The van der Waals surface area contributed by atoms with Gasteiger partial charge in [-0.2, -0.15) is 4.98 Å². The summed E-state index contributed by atoms with van der Waals surface area (Å²) in [5.41, 5.74) is 1.85. The lowest BCUT2D eigenvalue weighted by molar-refractivity contribution is -0.117. The molecule has 1 atom stereocenters. The van der Waals surface area contributed by atoms with Gasteiger partial charge in [-0.25, -0.2) is 8.78 Å². The fraction of sp³-hybridized carbons (Fsp3) is 0.160. The Balaban J connectivity index is 1.26. The molecule has 3 aromatic carbocycles. The van der Waals surface area contributed by atoms with Gasteiger partial charge in [-0.15, -0.1) is 0 Å². The molecule has 2 heterocycles. The fourth-order valence-corrected chi connectivity index (χ4v) is 3.77. The minimum atomic E-state index is -0.787. The number of aromatic nitrogens is 2. The summed E-state index contributed by atoms with van der Waals surface area (Å²) >= 11 is 0. The van der Waals surface area contributed by atoms with Crippen LogP contribution >= 0.6 is 0 Å². The average molecular weight is 447 g/mol. The van der Waals surface area contributed by atoms with E-state index >= 15 is 0 Å². The van der Waals surface area contributed by atoms with Gasteiger partial charge in [-0.05, 0) is 42.0 Å². The number of hydrogen-bond donors (Lipinski definition) is 0. The molecule has 0 aliphatic carbocycles. The Labute approximate surface area is 188 Å². The number of nitrogens with zero attached hydrogens (tertiary/aromatic N) is 3. The molecule has 0 radical (unpaired) electrons. The van der Waals surface area contributed by atoms with E-state index in [0.29, 0.717) is 24.1 Å². The number of halogens is 2. The van der Waals surface area contributed by atoms with Gasteiger partial charge < -0.3 is 14.2 Å². The van der Waals surface area contributed by atoms with Gasteiger partial charge in [-0.3, -0.25) is 4.79 Å². The van der Waals surface area contributed by atoms with E-state index in [1.807, 2.05) is 54.6 Å². The first-order valence-corrected chi connectivity index (χ1v) is 10.4. The molecule has 6 nitrogen and oxygen atoms in total. The Morgan fingerprint density at radius 1 is 1.03 bits per heavy atom. The predicted octanol–water partition coefficient (Wildman–Crippen LogP) is 5.11. The highest BCUT2D eigenvalue weighted by Crippen LogP contribution is 2.33. The average Bonchev–Trinajstić information content (AvgIpc) is 3.46. The summed E-state index contributed by atoms with van der Waals surface area (Å²) in [6.45, 7) is 0.642. The Morgan fingerprint density at radius 3 is 2.58 bits per heavy atom. The van der Waals surface area contributed by atoms with Crippen LogP contribution in [0.15, 0.2) is 77.3 Å². The predicted molar refractivity (Wildman–Crippen MR) is 117 cm³/mol. The summed E-state index contributed by atoms with van der Waals surface area (Å²) in [7, 11) is 0. The van der Waals surface area contributed by atoms with Crippen LogP contribution in [0.3, 0.4) is 0 Å². The maximum absolute atomic E-state index is 14.1. The maximum atomic E-state index is 14.1. The van der Waals surface area contributed by atoms with Crippen molar-refractivity contribution in [2.75, 3.05) is 11.4 Å². The number of ether oxygens (including phenoxy) is 1. The highest BCUT2D eigenvalue weighted by Gasteiger charge is 2.36. The highest BCUT2D eigenvalue weighted by atomic mass is 19.1. The Hall–Kier alpha value is -4.07. The van der Waals surface area contributed by atoms with Gasteiger partial charge in [0, 0.05) is 24.6 Å². The molecule has 0 bridgehead atoms. The first-order valence-electron chi connectivity index (χ1n) is 10.4. The van der Waals surface area contributed by atoms with Crippen molar-refractivity contribution in [3.05, 3.63) is 95.9 Å². The first kappa shape index (κ1) is 20.8. The van der Waals surface area contributed by atoms with E-state index in [1.165, 1.54) is 11.0 Å². The number of hydrogen-bond acceptors (Lipinski definition) is 5. The second-order valence-electron chi connectivity index (χ2n) is 7.76. The van der Waals surface area contributed by atoms with Crippen LogP contribution in [0, 0.1) is 11.6 Å². The summed E-state index contributed by atoms with van der Waals surface area (Å²) in [6.07, 6.45) is 0.102. The summed E-state index contributed by atoms with van der Waals surface area (Å²) in [5, 5.41) is 4.03. The topological polar surface area (TPSA) is 68.5 Å². The fourth-order valence-electron chi connectivity index (χ4n) is 3.77. The monoisotopic (exact) mass is 447 g/mol. The summed E-state index contributed by atoms with van der Waals surface area (Å²) in [6, 6.07) is 20.3. The molecule has 166 valence electrons. The molecule has 0 spiro atoms. The standard InChI is InChI=1S/C25H19F2N3O3/c26-19-8-11-22(21(27)13-19)30-14-18(12-23(30)31)25-28-24(29-33-25)17-6-9-20(10-7-17)32-15-16-4-2-1-3-5-16/h1-11,13,18H,12,14-15H2. The Bertz CT molecular complexity index is 1280. The van der Waals surface area contributed by atoms with Crippen LogP contribution in [-0.4, -0.2) is 22.6 Å². The van der Waals surface area contributed by atoms with Crippen LogP contribution < -0.4 is 9.64 Å². The zero-order valence-electron chi connectivity index (χ0n) is 17.4. The van der Waals surface area contributed by atoms with Crippen LogP contribution in [-0.2, 0) is 11.4 Å². The van der Waals surface area contributed by atoms with Crippen molar-refractivity contribution in [1.29, 1.82) is 0 Å². The van der Waals surface area contributed by atoms with Gasteiger partial charge in [0.1, 0.15) is 24.0 Å². The number of carbonyl (C=O) groups excluding carboxylic acids is 1. The van der Waals surface area contributed by atoms with Gasteiger partial charge in [0.25, 0.3) is 0 Å². The van der Waals surface area contributed by atoms with Crippen molar-refractivity contribution < 1.29 is 22.8 Å². The number of rotatable bonds is 6. The normalized spacial score (nSPS) is 15.8. The van der Waals surface area contributed by atoms with E-state index in [-0.39, 0.29) is 30.5 Å². The smallest absolute Gasteiger partial charge is 0.232 e. The molecule has 4 aromatic rings. The molecule has 1 aliphatic rings. The molecule has 0 saturated carbocycles. The molecule has 1 saturated heterocycles. The molecule has 5 rings (SSSR count). The zero-order chi connectivity index (χ0) is 22.8. The number of carbonyl (C=O) groups is 1. The second kappa shape index (κ2) is 8.82. The van der Waals surface area contributed by atoms with E-state index < -0.39 is 11.6 Å². The lowest BCUT2D eigenvalue weighted by Gasteiger charge is -2.16. The summed E-state index contributed by atoms with van der Waals surface area (Å²) in [5.74, 6) is -0.750. The van der Waals surface area contributed by atoms with Crippen LogP contribution in [0.4, 0.5) is 14.5 Å². The van der Waals surface area contributed by atoms with Gasteiger partial charge in [0.05, 0.1) is 11.6 Å². The van der Waals surface area contributed by atoms with Crippen molar-refractivity contribution in [2.45, 2.75) is 18.9 Å². The van der Waals surface area contributed by atoms with Crippen molar-refractivity contribution in [3.8, 4) is 17.1 Å². The van der Waals surface area contributed by atoms with Gasteiger partial charge in [-0.1, -0.05) is 35.5 Å². The largest absolute Gasteiger partial charge is 0.489 e. The molecular formula is C25H19F2N3O3. The third kappa shape index (κ3) is 4.45. The molecule has 1 unspecified atom stereocenters. The van der Waals surface area contributed by atoms with E-state index in [1.54, 1.807) is 0 Å². The number of anilines is 1. The van der Waals surface area contributed by atoms with E-state index in [9.17, 15) is 13.6 Å². The molecule has 1 amide bonds. The van der Waals surface area contributed by atoms with Gasteiger partial charge in [0.2, 0.25) is 17.6 Å². The first-order chi connectivity index (χ1) is 16.1. The summed E-state index contributed by atoms with van der Waals surface area (Å²) < 4.78 is 38.5. The van der Waals surface area contributed by atoms with Crippen molar-refractivity contribution in [3.63, 3.8) is 0 Å². The third-order valence-electron chi connectivity index (χ3n) is 5.48. The summed E-state index contributed by atoms with van der Waals surface area (Å²) in [4.78, 5) is 18.1. The van der Waals surface area contributed by atoms with Crippen molar-refractivity contribution in [2.24, 2.45) is 0 Å². The van der Waals surface area contributed by atoms with Crippen LogP contribution in [0.25, 0.3) is 11.4 Å². The van der Waals surface area contributed by atoms with Crippen molar-refractivity contribution in [1.82, 2.24) is 10.1 Å². The highest BCUT2D eigenvalue weighted by molar-refractivity contribution is 5.96. The minimum Gasteiger partial charge on any atom is -0.489 e. The SMILES string of the molecule is O=C1CC(c2nc(-c3ccc(OCc4ccccc4)cc3)no2)CN1c1ccc(F)cc1F. The second-order valence-corrected chi connectivity index (χ2v) is 7.76. The van der Waals surface area contributed by atoms with E-state index in [2.05, 4.69) is 10.1 Å². The van der Waals surface area contributed by atoms with Crippen LogP contribution in [0.2, 0.25) is 0 Å². The van der Waals surface area contributed by atoms with Crippen LogP contribution in [0.1, 0.15) is 23.8 Å². The minimum absolute atomic E-state index is 0.0368. The van der Waals surface area contributed by atoms with E-state index in [0.717, 1.165) is 23.3 Å². The molecule has 0 N–H and O–H groups in total. The van der Waals surface area contributed by atoms with Gasteiger partial charge >= 0.3 is 0 Å². The molecule has 1 aliphatic heterocycles. The molecule has 1 aromatic heterocycles. The number of amides is 1. The Kier molecular flexibility index (Phi) is 5.56. The maximum Gasteiger partial charge on any atom is 0.232 e. The lowest BCUT2D eigenvalue weighted by Crippen LogP contribution is -2.25. The Morgan fingerprint density at radius 2 is 1.82 bits per heavy atom. The lowest BCUT2D eigenvalue weighted by atomic mass is 10.1. The quantitative estimate of drug-likeness (QED) is 0.411. The number of benzene rings is 3. The van der Waals surface area contributed by atoms with E-state index in [4.69, 9.17) is 9.26 Å². The zero-order valence-corrected chi connectivity index (χ0v) is 17.4. The van der Waals surface area contributed by atoms with Gasteiger partial charge in [0.15, 0.2) is 0 Å². The molecule has 1 fully saturated rings.